The molecule has 5 nitrogen and oxygen atoms in total. The summed E-state index contributed by atoms with van der Waals surface area (Å²) in [6.45, 7) is 6.87. The zero-order valence-electron chi connectivity index (χ0n) is 12.4. The molecule has 0 radical (unpaired) electrons. The average molecular weight is 286 g/mol. The Morgan fingerprint density at radius 3 is 2.67 bits per heavy atom. The maximum Gasteiger partial charge on any atom is 0.0651 e. The van der Waals surface area contributed by atoms with Crippen LogP contribution < -0.4 is 5.32 Å². The molecule has 21 heavy (non-hydrogen) atoms. The van der Waals surface area contributed by atoms with Crippen molar-refractivity contribution >= 4 is 5.69 Å². The van der Waals surface area contributed by atoms with Gasteiger partial charge in [-0.3, -0.25) is 10.00 Å². The topological polar surface area (TPSA) is 53.2 Å². The molecule has 5 heteroatoms. The molecule has 1 atom stereocenters. The number of nitrogens with one attached hydrogen (secondary N) is 2. The van der Waals surface area contributed by atoms with Crippen LogP contribution in [0.2, 0.25) is 0 Å². The second-order valence-electron chi connectivity index (χ2n) is 5.46. The van der Waals surface area contributed by atoms with Gasteiger partial charge in [0.05, 0.1) is 24.9 Å². The van der Waals surface area contributed by atoms with Crippen LogP contribution in [-0.4, -0.2) is 41.4 Å². The predicted octanol–water partition coefficient (Wildman–Crippen LogP) is 2.42. The molecule has 1 aromatic carbocycles. The summed E-state index contributed by atoms with van der Waals surface area (Å²) in [7, 11) is 0. The van der Waals surface area contributed by atoms with E-state index in [0.29, 0.717) is 0 Å². The number of nitrogens with zero attached hydrogens (tertiary/aromatic N) is 2. The van der Waals surface area contributed by atoms with Crippen LogP contribution in [0.1, 0.15) is 24.2 Å². The van der Waals surface area contributed by atoms with Crippen molar-refractivity contribution in [2.75, 3.05) is 31.6 Å². The van der Waals surface area contributed by atoms with Gasteiger partial charge in [0.2, 0.25) is 0 Å². The summed E-state index contributed by atoms with van der Waals surface area (Å²) in [6.07, 6.45) is 1.78. The quantitative estimate of drug-likeness (QED) is 0.886. The first-order valence-corrected chi connectivity index (χ1v) is 7.46. The summed E-state index contributed by atoms with van der Waals surface area (Å²) in [5.74, 6) is 0. The third-order valence-corrected chi connectivity index (χ3v) is 3.84. The molecule has 112 valence electrons. The Morgan fingerprint density at radius 2 is 2.00 bits per heavy atom. The molecule has 1 aromatic heterocycles. The molecule has 2 aromatic rings. The van der Waals surface area contributed by atoms with E-state index in [1.165, 1.54) is 5.56 Å². The Bertz CT molecular complexity index is 532. The fraction of sp³-hybridized carbons (Fsp3) is 0.438. The molecule has 0 aliphatic carbocycles. The molecule has 0 amide bonds. The SMILES string of the molecule is CC(Nc1ccc(CN2CCOCC2)cc1)c1ccn[nH]1. The summed E-state index contributed by atoms with van der Waals surface area (Å²) >= 11 is 0. The highest BCUT2D eigenvalue weighted by atomic mass is 16.5. The van der Waals surface area contributed by atoms with Crippen LogP contribution >= 0.6 is 0 Å². The first-order chi connectivity index (χ1) is 10.3. The van der Waals surface area contributed by atoms with Crippen molar-refractivity contribution in [1.82, 2.24) is 15.1 Å². The van der Waals surface area contributed by atoms with Gasteiger partial charge in [-0.1, -0.05) is 12.1 Å². The van der Waals surface area contributed by atoms with Gasteiger partial charge < -0.3 is 10.1 Å². The summed E-state index contributed by atoms with van der Waals surface area (Å²) in [4.78, 5) is 2.43. The third kappa shape index (κ3) is 3.83. The number of anilines is 1. The number of hydrogen-bond acceptors (Lipinski definition) is 4. The molecule has 2 N–H and O–H groups in total. The molecule has 1 fully saturated rings. The van der Waals surface area contributed by atoms with E-state index in [2.05, 4.69) is 51.6 Å². The lowest BCUT2D eigenvalue weighted by Gasteiger charge is -2.26. The fourth-order valence-corrected chi connectivity index (χ4v) is 2.56. The molecular formula is C16H22N4O. The number of morpholine rings is 1. The maximum absolute atomic E-state index is 5.38. The van der Waals surface area contributed by atoms with E-state index in [4.69, 9.17) is 4.74 Å². The molecule has 0 saturated carbocycles. The smallest absolute Gasteiger partial charge is 0.0651 e. The van der Waals surface area contributed by atoms with Gasteiger partial charge in [0.1, 0.15) is 0 Å². The maximum atomic E-state index is 5.38. The minimum absolute atomic E-state index is 0.220. The lowest BCUT2D eigenvalue weighted by Crippen LogP contribution is -2.35. The Balaban J connectivity index is 1.56. The van der Waals surface area contributed by atoms with Gasteiger partial charge in [-0.2, -0.15) is 5.10 Å². The van der Waals surface area contributed by atoms with Crippen LogP contribution in [-0.2, 0) is 11.3 Å². The average Bonchev–Trinajstić information content (AvgIpc) is 3.05. The number of ether oxygens (including phenoxy) is 1. The molecule has 3 rings (SSSR count). The van der Waals surface area contributed by atoms with Crippen molar-refractivity contribution in [3.05, 3.63) is 47.8 Å². The minimum Gasteiger partial charge on any atom is -0.379 e. The van der Waals surface area contributed by atoms with Gasteiger partial charge in [0, 0.05) is 31.5 Å². The summed E-state index contributed by atoms with van der Waals surface area (Å²) in [5, 5.41) is 10.4. The van der Waals surface area contributed by atoms with Crippen molar-refractivity contribution in [2.24, 2.45) is 0 Å². The molecule has 1 saturated heterocycles. The van der Waals surface area contributed by atoms with Gasteiger partial charge in [-0.05, 0) is 30.7 Å². The number of rotatable bonds is 5. The van der Waals surface area contributed by atoms with Crippen LogP contribution in [0.5, 0.6) is 0 Å². The van der Waals surface area contributed by atoms with Crippen molar-refractivity contribution in [3.8, 4) is 0 Å². The lowest BCUT2D eigenvalue weighted by atomic mass is 10.1. The fourth-order valence-electron chi connectivity index (χ4n) is 2.56. The summed E-state index contributed by atoms with van der Waals surface area (Å²) < 4.78 is 5.38. The van der Waals surface area contributed by atoms with Crippen LogP contribution in [0.15, 0.2) is 36.5 Å². The normalized spacial score (nSPS) is 17.6. The number of aromatic amines is 1. The Labute approximate surface area is 125 Å². The zero-order chi connectivity index (χ0) is 14.5. The Morgan fingerprint density at radius 1 is 1.24 bits per heavy atom. The third-order valence-electron chi connectivity index (χ3n) is 3.84. The Hall–Kier alpha value is -1.85. The summed E-state index contributed by atoms with van der Waals surface area (Å²) in [6, 6.07) is 10.9. The molecule has 2 heterocycles. The van der Waals surface area contributed by atoms with E-state index in [-0.39, 0.29) is 6.04 Å². The molecule has 1 unspecified atom stereocenters. The van der Waals surface area contributed by atoms with Crippen LogP contribution in [0.25, 0.3) is 0 Å². The van der Waals surface area contributed by atoms with Crippen LogP contribution in [0.4, 0.5) is 5.69 Å². The highest BCUT2D eigenvalue weighted by Crippen LogP contribution is 2.18. The second-order valence-corrected chi connectivity index (χ2v) is 5.46. The predicted molar refractivity (Wildman–Crippen MR) is 83.2 cm³/mol. The van der Waals surface area contributed by atoms with E-state index in [1.807, 2.05) is 6.07 Å². The highest BCUT2D eigenvalue weighted by molar-refractivity contribution is 5.46. The van der Waals surface area contributed by atoms with Gasteiger partial charge in [0.15, 0.2) is 0 Å². The second kappa shape index (κ2) is 6.74. The van der Waals surface area contributed by atoms with Crippen molar-refractivity contribution < 1.29 is 4.74 Å². The van der Waals surface area contributed by atoms with Crippen molar-refractivity contribution in [1.29, 1.82) is 0 Å². The molecule has 0 bridgehead atoms. The van der Waals surface area contributed by atoms with E-state index >= 15 is 0 Å². The monoisotopic (exact) mass is 286 g/mol. The van der Waals surface area contributed by atoms with Crippen LogP contribution in [0, 0.1) is 0 Å². The van der Waals surface area contributed by atoms with Gasteiger partial charge in [-0.25, -0.2) is 0 Å². The van der Waals surface area contributed by atoms with E-state index in [0.717, 1.165) is 44.2 Å². The number of H-pyrrole nitrogens is 1. The number of aromatic nitrogens is 2. The summed E-state index contributed by atoms with van der Waals surface area (Å²) in [5.41, 5.74) is 3.56. The number of benzene rings is 1. The van der Waals surface area contributed by atoms with Gasteiger partial charge >= 0.3 is 0 Å². The van der Waals surface area contributed by atoms with Crippen molar-refractivity contribution in [3.63, 3.8) is 0 Å². The minimum atomic E-state index is 0.220. The first-order valence-electron chi connectivity index (χ1n) is 7.46. The van der Waals surface area contributed by atoms with Crippen molar-refractivity contribution in [2.45, 2.75) is 19.5 Å². The first kappa shape index (κ1) is 14.1. The standard InChI is InChI=1S/C16H22N4O/c1-13(16-6-7-17-19-16)18-15-4-2-14(3-5-15)12-20-8-10-21-11-9-20/h2-7,13,18H,8-12H2,1H3,(H,17,19). The van der Waals surface area contributed by atoms with Gasteiger partial charge in [0.25, 0.3) is 0 Å². The van der Waals surface area contributed by atoms with E-state index in [9.17, 15) is 0 Å². The highest BCUT2D eigenvalue weighted by Gasteiger charge is 2.11. The zero-order valence-corrected chi connectivity index (χ0v) is 12.4. The Kier molecular flexibility index (Phi) is 4.52. The molecular weight excluding hydrogens is 264 g/mol. The molecule has 1 aliphatic heterocycles. The largest absolute Gasteiger partial charge is 0.379 e. The number of hydrogen-bond donors (Lipinski definition) is 2. The van der Waals surface area contributed by atoms with E-state index < -0.39 is 0 Å². The molecule has 0 spiro atoms. The molecule has 1 aliphatic rings. The van der Waals surface area contributed by atoms with Crippen LogP contribution in [0.3, 0.4) is 0 Å². The van der Waals surface area contributed by atoms with E-state index in [1.54, 1.807) is 6.20 Å². The van der Waals surface area contributed by atoms with Gasteiger partial charge in [-0.15, -0.1) is 0 Å². The lowest BCUT2D eigenvalue weighted by molar-refractivity contribution is 0.0342.